The van der Waals surface area contributed by atoms with E-state index in [9.17, 15) is 4.39 Å². The predicted octanol–water partition coefficient (Wildman–Crippen LogP) is 4.31. The Bertz CT molecular complexity index is 363. The molecule has 0 N–H and O–H groups in total. The van der Waals surface area contributed by atoms with Crippen LogP contribution in [-0.2, 0) is 10.2 Å². The molecule has 0 atom stereocenters. The van der Waals surface area contributed by atoms with E-state index in [4.69, 9.17) is 4.74 Å². The van der Waals surface area contributed by atoms with Crippen LogP contribution in [0, 0.1) is 11.7 Å². The average molecular weight is 250 g/mol. The van der Waals surface area contributed by atoms with Crippen LogP contribution in [0.3, 0.4) is 0 Å². The lowest BCUT2D eigenvalue weighted by atomic mass is 9.70. The van der Waals surface area contributed by atoms with Crippen molar-refractivity contribution in [3.63, 3.8) is 0 Å². The van der Waals surface area contributed by atoms with E-state index in [1.807, 2.05) is 12.1 Å². The highest BCUT2D eigenvalue weighted by Crippen LogP contribution is 2.39. The fraction of sp³-hybridized carbons (Fsp3) is 0.625. The van der Waals surface area contributed by atoms with Crippen molar-refractivity contribution in [2.75, 3.05) is 13.2 Å². The molecule has 0 aliphatic carbocycles. The fourth-order valence-electron chi connectivity index (χ4n) is 2.81. The minimum Gasteiger partial charge on any atom is -0.381 e. The van der Waals surface area contributed by atoms with E-state index in [1.54, 1.807) is 12.1 Å². The van der Waals surface area contributed by atoms with Gasteiger partial charge in [0.15, 0.2) is 0 Å². The fourth-order valence-corrected chi connectivity index (χ4v) is 2.81. The maximum atomic E-state index is 13.1. The third-order valence-corrected chi connectivity index (χ3v) is 4.11. The second-order valence-electron chi connectivity index (χ2n) is 5.83. The molecule has 0 radical (unpaired) electrons. The first kappa shape index (κ1) is 13.5. The molecule has 18 heavy (non-hydrogen) atoms. The topological polar surface area (TPSA) is 9.23 Å². The quantitative estimate of drug-likeness (QED) is 0.773. The number of hydrogen-bond acceptors (Lipinski definition) is 1. The van der Waals surface area contributed by atoms with Gasteiger partial charge in [0.2, 0.25) is 0 Å². The summed E-state index contributed by atoms with van der Waals surface area (Å²) in [4.78, 5) is 0. The lowest BCUT2D eigenvalue weighted by molar-refractivity contribution is 0.0447. The number of hydrogen-bond donors (Lipinski definition) is 0. The van der Waals surface area contributed by atoms with Crippen molar-refractivity contribution in [1.29, 1.82) is 0 Å². The minimum absolute atomic E-state index is 0.148. The second kappa shape index (κ2) is 5.83. The molecule has 1 fully saturated rings. The monoisotopic (exact) mass is 250 g/mol. The minimum atomic E-state index is -0.148. The summed E-state index contributed by atoms with van der Waals surface area (Å²) in [6, 6.07) is 7.09. The van der Waals surface area contributed by atoms with Crippen LogP contribution in [0.25, 0.3) is 0 Å². The Balaban J connectivity index is 2.20. The van der Waals surface area contributed by atoms with Crippen molar-refractivity contribution in [2.45, 2.75) is 44.9 Å². The smallest absolute Gasteiger partial charge is 0.123 e. The van der Waals surface area contributed by atoms with Gasteiger partial charge in [0.25, 0.3) is 0 Å². The number of benzene rings is 1. The molecular weight excluding hydrogens is 227 g/mol. The van der Waals surface area contributed by atoms with Gasteiger partial charge in [-0.25, -0.2) is 4.39 Å². The molecule has 1 heterocycles. The number of rotatable bonds is 4. The van der Waals surface area contributed by atoms with Gasteiger partial charge in [0.05, 0.1) is 0 Å². The molecule has 0 unspecified atom stereocenters. The van der Waals surface area contributed by atoms with E-state index in [2.05, 4.69) is 13.8 Å². The van der Waals surface area contributed by atoms with Gasteiger partial charge in [-0.3, -0.25) is 0 Å². The summed E-state index contributed by atoms with van der Waals surface area (Å²) in [6.45, 7) is 6.18. The Morgan fingerprint density at radius 2 is 1.78 bits per heavy atom. The van der Waals surface area contributed by atoms with Crippen LogP contribution >= 0.6 is 0 Å². The predicted molar refractivity (Wildman–Crippen MR) is 72.2 cm³/mol. The van der Waals surface area contributed by atoms with Crippen molar-refractivity contribution >= 4 is 0 Å². The van der Waals surface area contributed by atoms with E-state index in [0.29, 0.717) is 5.92 Å². The van der Waals surface area contributed by atoms with Crippen molar-refractivity contribution in [3.8, 4) is 0 Å². The first-order chi connectivity index (χ1) is 8.62. The first-order valence-corrected chi connectivity index (χ1v) is 6.96. The molecule has 2 rings (SSSR count). The van der Waals surface area contributed by atoms with Crippen molar-refractivity contribution in [3.05, 3.63) is 35.6 Å². The maximum absolute atomic E-state index is 13.1. The zero-order valence-electron chi connectivity index (χ0n) is 11.4. The van der Waals surface area contributed by atoms with Crippen LogP contribution in [0.4, 0.5) is 4.39 Å². The van der Waals surface area contributed by atoms with Gasteiger partial charge < -0.3 is 4.74 Å². The molecule has 0 bridgehead atoms. The first-order valence-electron chi connectivity index (χ1n) is 6.96. The molecule has 0 saturated carbocycles. The Labute approximate surface area is 109 Å². The summed E-state index contributed by atoms with van der Waals surface area (Å²) in [5.41, 5.74) is 1.49. The largest absolute Gasteiger partial charge is 0.381 e. The van der Waals surface area contributed by atoms with E-state index in [1.165, 1.54) is 18.4 Å². The number of ether oxygens (including phenoxy) is 1. The molecule has 2 heteroatoms. The summed E-state index contributed by atoms with van der Waals surface area (Å²) in [5.74, 6) is 0.565. The van der Waals surface area contributed by atoms with Gasteiger partial charge in [-0.15, -0.1) is 0 Å². The second-order valence-corrected chi connectivity index (χ2v) is 5.83. The van der Waals surface area contributed by atoms with E-state index >= 15 is 0 Å². The van der Waals surface area contributed by atoms with Crippen molar-refractivity contribution < 1.29 is 9.13 Å². The average Bonchev–Trinajstić information content (AvgIpc) is 2.38. The summed E-state index contributed by atoms with van der Waals surface area (Å²) in [6.07, 6.45) is 4.52. The Hall–Kier alpha value is -0.890. The van der Waals surface area contributed by atoms with Gasteiger partial charge >= 0.3 is 0 Å². The molecule has 0 spiro atoms. The van der Waals surface area contributed by atoms with Gasteiger partial charge in [-0.1, -0.05) is 32.4 Å². The molecule has 100 valence electrons. The molecule has 1 aromatic rings. The molecule has 0 amide bonds. The van der Waals surface area contributed by atoms with E-state index in [0.717, 1.165) is 26.1 Å². The highest BCUT2D eigenvalue weighted by molar-refractivity contribution is 5.26. The van der Waals surface area contributed by atoms with Crippen LogP contribution in [0.2, 0.25) is 0 Å². The molecule has 1 aliphatic heterocycles. The van der Waals surface area contributed by atoms with Crippen molar-refractivity contribution in [1.82, 2.24) is 0 Å². The summed E-state index contributed by atoms with van der Waals surface area (Å²) in [5, 5.41) is 0. The van der Waals surface area contributed by atoms with Gasteiger partial charge in [-0.2, -0.15) is 0 Å². The standard InChI is InChI=1S/C16H23FO/c1-13(2)7-8-16(9-11-18-12-10-16)14-3-5-15(17)6-4-14/h3-6,13H,7-12H2,1-2H3. The zero-order valence-corrected chi connectivity index (χ0v) is 11.4. The molecule has 1 aliphatic rings. The summed E-state index contributed by atoms with van der Waals surface area (Å²) < 4.78 is 18.6. The van der Waals surface area contributed by atoms with Crippen LogP contribution in [0.15, 0.2) is 24.3 Å². The SMILES string of the molecule is CC(C)CCC1(c2ccc(F)cc2)CCOCC1. The molecule has 1 aromatic carbocycles. The molecule has 1 saturated heterocycles. The van der Waals surface area contributed by atoms with Crippen LogP contribution in [0.1, 0.15) is 45.1 Å². The van der Waals surface area contributed by atoms with Crippen LogP contribution < -0.4 is 0 Å². The third kappa shape index (κ3) is 3.11. The lowest BCUT2D eigenvalue weighted by Gasteiger charge is -2.38. The van der Waals surface area contributed by atoms with Gasteiger partial charge in [-0.05, 0) is 48.3 Å². The Morgan fingerprint density at radius 1 is 1.17 bits per heavy atom. The Kier molecular flexibility index (Phi) is 4.39. The molecule has 0 aromatic heterocycles. The summed E-state index contributed by atoms with van der Waals surface area (Å²) in [7, 11) is 0. The third-order valence-electron chi connectivity index (χ3n) is 4.11. The lowest BCUT2D eigenvalue weighted by Crippen LogP contribution is -2.34. The van der Waals surface area contributed by atoms with Crippen LogP contribution in [0.5, 0.6) is 0 Å². The summed E-state index contributed by atoms with van der Waals surface area (Å²) >= 11 is 0. The van der Waals surface area contributed by atoms with E-state index in [-0.39, 0.29) is 11.2 Å². The normalized spacial score (nSPS) is 19.1. The molecular formula is C16H23FO. The zero-order chi connectivity index (χ0) is 13.0. The maximum Gasteiger partial charge on any atom is 0.123 e. The van der Waals surface area contributed by atoms with Gasteiger partial charge in [0, 0.05) is 13.2 Å². The van der Waals surface area contributed by atoms with Gasteiger partial charge in [0.1, 0.15) is 5.82 Å². The van der Waals surface area contributed by atoms with Crippen LogP contribution in [-0.4, -0.2) is 13.2 Å². The van der Waals surface area contributed by atoms with Crippen molar-refractivity contribution in [2.24, 2.45) is 5.92 Å². The Morgan fingerprint density at radius 3 is 2.33 bits per heavy atom. The highest BCUT2D eigenvalue weighted by Gasteiger charge is 2.34. The van der Waals surface area contributed by atoms with E-state index < -0.39 is 0 Å². The number of halogens is 1. The highest BCUT2D eigenvalue weighted by atomic mass is 19.1. The molecule has 1 nitrogen and oxygen atoms in total.